The van der Waals surface area contributed by atoms with Crippen molar-refractivity contribution >= 4 is 22.2 Å². The SMILES string of the molecule is CCCCCCC(CCC(CCCCCC)S(=O)O)S(=O)O. The lowest BCUT2D eigenvalue weighted by molar-refractivity contribution is 0.484. The Morgan fingerprint density at radius 3 is 1.27 bits per heavy atom. The highest BCUT2D eigenvalue weighted by Gasteiger charge is 2.20. The van der Waals surface area contributed by atoms with Crippen LogP contribution in [0, 0.1) is 0 Å². The Kier molecular flexibility index (Phi) is 14.9. The van der Waals surface area contributed by atoms with Gasteiger partial charge in [-0.05, 0) is 25.7 Å². The van der Waals surface area contributed by atoms with Gasteiger partial charge in [0.15, 0.2) is 22.2 Å². The smallest absolute Gasteiger partial charge is 0.155 e. The van der Waals surface area contributed by atoms with Gasteiger partial charge in [-0.3, -0.25) is 0 Å². The fraction of sp³-hybridized carbons (Fsp3) is 1.00. The number of hydrogen-bond acceptors (Lipinski definition) is 2. The first-order valence-electron chi connectivity index (χ1n) is 8.72. The van der Waals surface area contributed by atoms with E-state index < -0.39 is 22.2 Å². The van der Waals surface area contributed by atoms with E-state index >= 15 is 0 Å². The summed E-state index contributed by atoms with van der Waals surface area (Å²) >= 11 is -3.66. The summed E-state index contributed by atoms with van der Waals surface area (Å²) in [5.41, 5.74) is 0. The summed E-state index contributed by atoms with van der Waals surface area (Å²) in [4.78, 5) is 0. The van der Waals surface area contributed by atoms with Gasteiger partial charge in [-0.2, -0.15) is 0 Å². The van der Waals surface area contributed by atoms with E-state index in [0.717, 1.165) is 64.2 Å². The maximum absolute atomic E-state index is 11.4. The average molecular weight is 355 g/mol. The predicted octanol–water partition coefficient (Wildman–Crippen LogP) is 4.89. The zero-order chi connectivity index (χ0) is 16.8. The van der Waals surface area contributed by atoms with Gasteiger partial charge < -0.3 is 9.11 Å². The molecular formula is C16H34O4S2. The fourth-order valence-electron chi connectivity index (χ4n) is 2.66. The van der Waals surface area contributed by atoms with Gasteiger partial charge >= 0.3 is 0 Å². The highest BCUT2D eigenvalue weighted by Crippen LogP contribution is 2.20. The van der Waals surface area contributed by atoms with Crippen LogP contribution in [0.3, 0.4) is 0 Å². The second-order valence-electron chi connectivity index (χ2n) is 6.07. The van der Waals surface area contributed by atoms with Gasteiger partial charge in [0.1, 0.15) is 0 Å². The summed E-state index contributed by atoms with van der Waals surface area (Å²) in [7, 11) is 0. The molecule has 0 saturated carbocycles. The number of hydrogen-bond donors (Lipinski definition) is 2. The predicted molar refractivity (Wildman–Crippen MR) is 95.9 cm³/mol. The summed E-state index contributed by atoms with van der Waals surface area (Å²) in [6.45, 7) is 4.28. The minimum Gasteiger partial charge on any atom is -0.306 e. The summed E-state index contributed by atoms with van der Waals surface area (Å²) in [5.74, 6) is 0. The standard InChI is InChI=1S/C16H34O4S2/c1-3-5-7-9-11-15(21(17)18)13-14-16(22(19)20)12-10-8-6-4-2/h15-16H,3-14H2,1-2H3,(H,17,18)(H,19,20). The topological polar surface area (TPSA) is 74.6 Å². The normalized spacial score (nSPS) is 17.1. The van der Waals surface area contributed by atoms with Crippen molar-refractivity contribution in [2.24, 2.45) is 0 Å². The second-order valence-corrected chi connectivity index (χ2v) is 8.51. The molecule has 4 unspecified atom stereocenters. The van der Waals surface area contributed by atoms with Crippen molar-refractivity contribution in [3.05, 3.63) is 0 Å². The van der Waals surface area contributed by atoms with E-state index in [1.54, 1.807) is 0 Å². The van der Waals surface area contributed by atoms with Gasteiger partial charge in [-0.25, -0.2) is 8.42 Å². The molecule has 4 atom stereocenters. The lowest BCUT2D eigenvalue weighted by Crippen LogP contribution is -2.21. The van der Waals surface area contributed by atoms with Crippen LogP contribution in [0.15, 0.2) is 0 Å². The Morgan fingerprint density at radius 1 is 0.636 bits per heavy atom. The van der Waals surface area contributed by atoms with E-state index in [0.29, 0.717) is 12.8 Å². The van der Waals surface area contributed by atoms with Crippen LogP contribution in [-0.2, 0) is 22.2 Å². The zero-order valence-electron chi connectivity index (χ0n) is 14.2. The molecule has 22 heavy (non-hydrogen) atoms. The van der Waals surface area contributed by atoms with Crippen LogP contribution in [0.2, 0.25) is 0 Å². The van der Waals surface area contributed by atoms with Crippen LogP contribution in [0.4, 0.5) is 0 Å². The summed E-state index contributed by atoms with van der Waals surface area (Å²) in [6, 6.07) is 0. The first-order chi connectivity index (χ1) is 10.5. The third-order valence-corrected chi connectivity index (χ3v) is 6.22. The summed E-state index contributed by atoms with van der Waals surface area (Å²) in [6.07, 6.45) is 11.4. The van der Waals surface area contributed by atoms with Gasteiger partial charge in [-0.1, -0.05) is 65.2 Å². The molecule has 0 aliphatic heterocycles. The monoisotopic (exact) mass is 354 g/mol. The minimum absolute atomic E-state index is 0.251. The van der Waals surface area contributed by atoms with Crippen LogP contribution in [0.5, 0.6) is 0 Å². The number of unbranched alkanes of at least 4 members (excludes halogenated alkanes) is 6. The second kappa shape index (κ2) is 14.8. The van der Waals surface area contributed by atoms with Crippen molar-refractivity contribution in [3.8, 4) is 0 Å². The first-order valence-corrected chi connectivity index (χ1v) is 11.1. The van der Waals surface area contributed by atoms with Gasteiger partial charge in [-0.15, -0.1) is 0 Å². The minimum atomic E-state index is -1.83. The average Bonchev–Trinajstić information content (AvgIpc) is 2.47. The van der Waals surface area contributed by atoms with E-state index in [2.05, 4.69) is 13.8 Å². The quantitative estimate of drug-likeness (QED) is 0.324. The Bertz CT molecular complexity index is 281. The third-order valence-electron chi connectivity index (χ3n) is 4.14. The van der Waals surface area contributed by atoms with E-state index in [-0.39, 0.29) is 10.5 Å². The lowest BCUT2D eigenvalue weighted by atomic mass is 10.0. The Balaban J connectivity index is 4.15. The molecule has 0 heterocycles. The highest BCUT2D eigenvalue weighted by molar-refractivity contribution is 7.80. The van der Waals surface area contributed by atoms with E-state index in [1.165, 1.54) is 0 Å². The molecule has 0 aromatic carbocycles. The molecule has 4 nitrogen and oxygen atoms in total. The molecule has 0 bridgehead atoms. The Hall–Kier alpha value is 0.220. The molecule has 0 radical (unpaired) electrons. The Morgan fingerprint density at radius 2 is 1.00 bits per heavy atom. The molecular weight excluding hydrogens is 320 g/mol. The van der Waals surface area contributed by atoms with Crippen molar-refractivity contribution in [2.45, 2.75) is 101 Å². The van der Waals surface area contributed by atoms with Gasteiger partial charge in [0.25, 0.3) is 0 Å². The van der Waals surface area contributed by atoms with Gasteiger partial charge in [0.2, 0.25) is 0 Å². The van der Waals surface area contributed by atoms with Crippen molar-refractivity contribution in [1.82, 2.24) is 0 Å². The molecule has 0 amide bonds. The summed E-state index contributed by atoms with van der Waals surface area (Å²) in [5, 5.41) is -0.503. The molecule has 134 valence electrons. The largest absolute Gasteiger partial charge is 0.306 e. The molecule has 0 aliphatic carbocycles. The van der Waals surface area contributed by atoms with Gasteiger partial charge in [0.05, 0.1) is 10.5 Å². The van der Waals surface area contributed by atoms with Crippen LogP contribution in [-0.4, -0.2) is 28.0 Å². The third kappa shape index (κ3) is 11.7. The molecule has 0 saturated heterocycles. The molecule has 0 fully saturated rings. The maximum Gasteiger partial charge on any atom is 0.155 e. The maximum atomic E-state index is 11.4. The molecule has 2 N–H and O–H groups in total. The molecule has 6 heteroatoms. The molecule has 0 aromatic rings. The van der Waals surface area contributed by atoms with Crippen molar-refractivity contribution < 1.29 is 17.5 Å². The van der Waals surface area contributed by atoms with Crippen LogP contribution >= 0.6 is 0 Å². The molecule has 0 spiro atoms. The molecule has 0 aromatic heterocycles. The molecule has 0 rings (SSSR count). The highest BCUT2D eigenvalue weighted by atomic mass is 32.2. The zero-order valence-corrected chi connectivity index (χ0v) is 15.8. The lowest BCUT2D eigenvalue weighted by Gasteiger charge is -2.17. The Labute approximate surface area is 141 Å². The van der Waals surface area contributed by atoms with E-state index in [1.807, 2.05) is 0 Å². The fourth-order valence-corrected chi connectivity index (χ4v) is 4.07. The van der Waals surface area contributed by atoms with Crippen molar-refractivity contribution in [1.29, 1.82) is 0 Å². The summed E-state index contributed by atoms with van der Waals surface area (Å²) < 4.78 is 41.6. The van der Waals surface area contributed by atoms with Gasteiger partial charge in [0, 0.05) is 0 Å². The van der Waals surface area contributed by atoms with Crippen LogP contribution in [0.25, 0.3) is 0 Å². The van der Waals surface area contributed by atoms with Crippen molar-refractivity contribution in [2.75, 3.05) is 0 Å². The van der Waals surface area contributed by atoms with E-state index in [4.69, 9.17) is 0 Å². The molecule has 0 aliphatic rings. The number of rotatable bonds is 15. The van der Waals surface area contributed by atoms with Crippen LogP contribution in [0.1, 0.15) is 90.9 Å². The van der Waals surface area contributed by atoms with Crippen molar-refractivity contribution in [3.63, 3.8) is 0 Å². The first kappa shape index (κ1) is 22.2. The van der Waals surface area contributed by atoms with E-state index in [9.17, 15) is 17.5 Å². The van der Waals surface area contributed by atoms with Crippen LogP contribution < -0.4 is 0 Å².